The zero-order valence-electron chi connectivity index (χ0n) is 20.5. The Morgan fingerprint density at radius 2 is 1.63 bits per heavy atom. The van der Waals surface area contributed by atoms with Crippen LogP contribution < -0.4 is 29.6 Å². The van der Waals surface area contributed by atoms with Crippen LogP contribution >= 0.6 is 0 Å². The summed E-state index contributed by atoms with van der Waals surface area (Å²) in [6, 6.07) is 15.8. The Morgan fingerprint density at radius 1 is 0.886 bits per heavy atom. The normalized spacial score (nSPS) is 15.5. The van der Waals surface area contributed by atoms with Crippen LogP contribution in [0.3, 0.4) is 0 Å². The van der Waals surface area contributed by atoms with Gasteiger partial charge in [-0.1, -0.05) is 12.1 Å². The Hall–Kier alpha value is -3.58. The fraction of sp³-hybridized carbons (Fsp3) is 0.357. The Balaban J connectivity index is 1.37. The van der Waals surface area contributed by atoms with Gasteiger partial charge in [0.1, 0.15) is 28.7 Å². The van der Waals surface area contributed by atoms with Crippen molar-refractivity contribution >= 4 is 11.4 Å². The summed E-state index contributed by atoms with van der Waals surface area (Å²) >= 11 is 0. The van der Waals surface area contributed by atoms with E-state index in [0.717, 1.165) is 55.9 Å². The Bertz CT molecular complexity index is 1180. The third-order valence-corrected chi connectivity index (χ3v) is 6.53. The van der Waals surface area contributed by atoms with Gasteiger partial charge in [-0.25, -0.2) is 0 Å². The highest BCUT2D eigenvalue weighted by Crippen LogP contribution is 2.44. The molecule has 0 radical (unpaired) electrons. The molecule has 2 N–H and O–H groups in total. The maximum Gasteiger partial charge on any atom is 0.290 e. The molecule has 1 saturated heterocycles. The van der Waals surface area contributed by atoms with Crippen molar-refractivity contribution in [1.82, 2.24) is 5.32 Å². The minimum atomic E-state index is 0.455. The van der Waals surface area contributed by atoms with E-state index in [1.54, 1.807) is 21.3 Å². The standard InChI is InChI=1S/C28H32N2O5/c1-31-22-16-24(32-2)28(25(17-22)33-3)30-27(19-7-8-19)23-9-10-26(35-23)34-21-6-4-5-20(15-21)18-11-13-29-14-12-18/h4-6,9-10,15-18,29-30H,7-8,11-14H2,1-3H3. The molecular weight excluding hydrogens is 444 g/mol. The predicted octanol–water partition coefficient (Wildman–Crippen LogP) is 6.18. The summed E-state index contributed by atoms with van der Waals surface area (Å²) < 4.78 is 28.8. The summed E-state index contributed by atoms with van der Waals surface area (Å²) in [6.07, 6.45) is 4.32. The van der Waals surface area contributed by atoms with Crippen molar-refractivity contribution in [2.24, 2.45) is 0 Å². The summed E-state index contributed by atoms with van der Waals surface area (Å²) in [5.41, 5.74) is 4.22. The van der Waals surface area contributed by atoms with Crippen molar-refractivity contribution in [3.8, 4) is 28.9 Å². The van der Waals surface area contributed by atoms with Gasteiger partial charge in [0, 0.05) is 18.2 Å². The molecule has 0 atom stereocenters. The van der Waals surface area contributed by atoms with Crippen molar-refractivity contribution in [3.63, 3.8) is 0 Å². The fourth-order valence-electron chi connectivity index (χ4n) is 4.50. The molecule has 0 amide bonds. The van der Waals surface area contributed by atoms with E-state index in [1.165, 1.54) is 11.1 Å². The van der Waals surface area contributed by atoms with E-state index in [1.807, 2.05) is 30.3 Å². The molecule has 0 bridgehead atoms. The number of allylic oxidation sites excluding steroid dienone is 1. The molecule has 2 aromatic carbocycles. The van der Waals surface area contributed by atoms with E-state index < -0.39 is 0 Å². The van der Waals surface area contributed by atoms with Gasteiger partial charge in [0.15, 0.2) is 5.76 Å². The Kier molecular flexibility index (Phi) is 6.86. The van der Waals surface area contributed by atoms with Crippen molar-refractivity contribution in [1.29, 1.82) is 0 Å². The summed E-state index contributed by atoms with van der Waals surface area (Å²) in [6.45, 7) is 2.12. The highest BCUT2D eigenvalue weighted by atomic mass is 16.6. The van der Waals surface area contributed by atoms with Crippen LogP contribution in [0.1, 0.15) is 42.9 Å². The van der Waals surface area contributed by atoms with Crippen LogP contribution in [0.2, 0.25) is 0 Å². The number of hydrogen-bond acceptors (Lipinski definition) is 7. The van der Waals surface area contributed by atoms with E-state index >= 15 is 0 Å². The summed E-state index contributed by atoms with van der Waals surface area (Å²) in [5.74, 6) is 4.42. The number of piperidine rings is 1. The smallest absolute Gasteiger partial charge is 0.290 e. The van der Waals surface area contributed by atoms with Gasteiger partial charge in [0.05, 0.1) is 27.0 Å². The lowest BCUT2D eigenvalue weighted by Gasteiger charge is -2.23. The zero-order valence-corrected chi connectivity index (χ0v) is 20.5. The van der Waals surface area contributed by atoms with Crippen molar-refractivity contribution < 1.29 is 23.4 Å². The third kappa shape index (κ3) is 5.25. The number of furan rings is 1. The van der Waals surface area contributed by atoms with Crippen LogP contribution in [0.4, 0.5) is 5.69 Å². The molecule has 2 aliphatic rings. The first-order valence-electron chi connectivity index (χ1n) is 12.1. The van der Waals surface area contributed by atoms with E-state index in [-0.39, 0.29) is 0 Å². The van der Waals surface area contributed by atoms with E-state index in [0.29, 0.717) is 34.9 Å². The maximum atomic E-state index is 6.14. The molecule has 7 nitrogen and oxygen atoms in total. The molecule has 2 heterocycles. The van der Waals surface area contributed by atoms with E-state index in [9.17, 15) is 0 Å². The molecule has 1 aliphatic heterocycles. The molecule has 1 saturated carbocycles. The lowest BCUT2D eigenvalue weighted by molar-refractivity contribution is 0.342. The lowest BCUT2D eigenvalue weighted by atomic mass is 9.90. The van der Waals surface area contributed by atoms with Crippen LogP contribution in [0.5, 0.6) is 28.9 Å². The molecule has 1 aliphatic carbocycles. The van der Waals surface area contributed by atoms with Crippen LogP contribution in [0, 0.1) is 0 Å². The van der Waals surface area contributed by atoms with Gasteiger partial charge >= 0.3 is 0 Å². The van der Waals surface area contributed by atoms with Crippen molar-refractivity contribution in [2.75, 3.05) is 39.7 Å². The molecule has 35 heavy (non-hydrogen) atoms. The largest absolute Gasteiger partial charge is 0.496 e. The zero-order chi connectivity index (χ0) is 24.2. The highest BCUT2D eigenvalue weighted by Gasteiger charge is 2.25. The van der Waals surface area contributed by atoms with Gasteiger partial charge in [-0.3, -0.25) is 0 Å². The minimum absolute atomic E-state index is 0.455. The maximum absolute atomic E-state index is 6.14. The quantitative estimate of drug-likeness (QED) is 0.382. The molecule has 7 heteroatoms. The lowest BCUT2D eigenvalue weighted by Crippen LogP contribution is -2.26. The van der Waals surface area contributed by atoms with Gasteiger partial charge in [-0.15, -0.1) is 0 Å². The first-order valence-corrected chi connectivity index (χ1v) is 12.1. The molecule has 3 aromatic rings. The summed E-state index contributed by atoms with van der Waals surface area (Å²) in [7, 11) is 4.87. The van der Waals surface area contributed by atoms with Crippen LogP contribution in [-0.2, 0) is 0 Å². The number of ether oxygens (including phenoxy) is 4. The second kappa shape index (κ2) is 10.4. The molecule has 2 fully saturated rings. The van der Waals surface area contributed by atoms with E-state index in [4.69, 9.17) is 23.4 Å². The third-order valence-electron chi connectivity index (χ3n) is 6.53. The Morgan fingerprint density at radius 3 is 2.29 bits per heavy atom. The summed E-state index contributed by atoms with van der Waals surface area (Å²) in [4.78, 5) is 0. The molecular formula is C28H32N2O5. The monoisotopic (exact) mass is 476 g/mol. The molecule has 0 unspecified atom stereocenters. The SMILES string of the molecule is COc1cc(OC)c(NC(=C2CC2)c2ccc(Oc3cccc(C4CCNCC4)c3)o2)c(OC)c1. The number of methoxy groups -OCH3 is 3. The topological polar surface area (TPSA) is 74.1 Å². The second-order valence-electron chi connectivity index (χ2n) is 8.83. The second-order valence-corrected chi connectivity index (χ2v) is 8.83. The van der Waals surface area contributed by atoms with Gasteiger partial charge in [-0.2, -0.15) is 0 Å². The van der Waals surface area contributed by atoms with E-state index in [2.05, 4.69) is 28.8 Å². The molecule has 0 spiro atoms. The fourth-order valence-corrected chi connectivity index (χ4v) is 4.50. The van der Waals surface area contributed by atoms with Crippen LogP contribution in [-0.4, -0.2) is 34.4 Å². The van der Waals surface area contributed by atoms with Gasteiger partial charge < -0.3 is 34.0 Å². The number of benzene rings is 2. The number of hydrogen-bond donors (Lipinski definition) is 2. The van der Waals surface area contributed by atoms with Crippen molar-refractivity contribution in [2.45, 2.75) is 31.6 Å². The average molecular weight is 477 g/mol. The Labute approximate surface area is 206 Å². The summed E-state index contributed by atoms with van der Waals surface area (Å²) in [5, 5.41) is 6.92. The highest BCUT2D eigenvalue weighted by molar-refractivity contribution is 5.84. The molecule has 184 valence electrons. The average Bonchev–Trinajstić information content (AvgIpc) is 3.65. The number of anilines is 1. The van der Waals surface area contributed by atoms with Crippen LogP contribution in [0.15, 0.2) is 58.5 Å². The minimum Gasteiger partial charge on any atom is -0.496 e. The molecule has 1 aromatic heterocycles. The predicted molar refractivity (Wildman–Crippen MR) is 136 cm³/mol. The van der Waals surface area contributed by atoms with Crippen molar-refractivity contribution in [3.05, 3.63) is 65.4 Å². The first-order chi connectivity index (χ1) is 17.2. The first kappa shape index (κ1) is 23.2. The number of rotatable bonds is 9. The van der Waals surface area contributed by atoms with Gasteiger partial charge in [-0.05, 0) is 74.0 Å². The van der Waals surface area contributed by atoms with Gasteiger partial charge in [0.25, 0.3) is 5.95 Å². The van der Waals surface area contributed by atoms with Gasteiger partial charge in [0.2, 0.25) is 0 Å². The number of nitrogens with one attached hydrogen (secondary N) is 2. The molecule has 5 rings (SSSR count). The van der Waals surface area contributed by atoms with Crippen LogP contribution in [0.25, 0.3) is 5.70 Å².